The number of fused-ring (bicyclic) bond motifs is 1. The van der Waals surface area contributed by atoms with Gasteiger partial charge in [-0.2, -0.15) is 0 Å². The molecule has 1 heterocycles. The summed E-state index contributed by atoms with van der Waals surface area (Å²) in [6.07, 6.45) is 0.671. The van der Waals surface area contributed by atoms with E-state index in [9.17, 15) is 8.42 Å². The van der Waals surface area contributed by atoms with Crippen molar-refractivity contribution < 1.29 is 8.42 Å². The van der Waals surface area contributed by atoms with Gasteiger partial charge in [-0.25, -0.2) is 8.42 Å². The van der Waals surface area contributed by atoms with Gasteiger partial charge < -0.3 is 11.1 Å². The zero-order chi connectivity index (χ0) is 13.3. The van der Waals surface area contributed by atoms with Crippen LogP contribution in [0, 0.1) is 0 Å². The summed E-state index contributed by atoms with van der Waals surface area (Å²) in [5.74, 6) is 0.464. The number of hydrogen-bond donors (Lipinski definition) is 2. The van der Waals surface area contributed by atoms with Gasteiger partial charge in [-0.05, 0) is 36.6 Å². The third-order valence-electron chi connectivity index (χ3n) is 3.30. The Morgan fingerprint density at radius 1 is 1.44 bits per heavy atom. The quantitative estimate of drug-likeness (QED) is 0.875. The Labute approximate surface area is 108 Å². The maximum absolute atomic E-state index is 12.3. The summed E-state index contributed by atoms with van der Waals surface area (Å²) in [5, 5.41) is 3.26. The second-order valence-electron chi connectivity index (χ2n) is 5.11. The number of anilines is 1. The Morgan fingerprint density at radius 2 is 2.17 bits per heavy atom. The summed E-state index contributed by atoms with van der Waals surface area (Å²) in [4.78, 5) is 0.432. The molecule has 18 heavy (non-hydrogen) atoms. The fraction of sp³-hybridized carbons (Fsp3) is 0.538. The van der Waals surface area contributed by atoms with Crippen LogP contribution in [0.4, 0.5) is 5.69 Å². The molecule has 4 nitrogen and oxygen atoms in total. The van der Waals surface area contributed by atoms with E-state index in [-0.39, 0.29) is 11.8 Å². The predicted octanol–water partition coefficient (Wildman–Crippen LogP) is 1.73. The van der Waals surface area contributed by atoms with E-state index in [1.54, 1.807) is 6.07 Å². The van der Waals surface area contributed by atoms with E-state index in [2.05, 4.69) is 19.2 Å². The molecule has 0 amide bonds. The highest BCUT2D eigenvalue weighted by molar-refractivity contribution is 7.91. The Bertz CT molecular complexity index is 538. The Kier molecular flexibility index (Phi) is 3.64. The molecule has 1 unspecified atom stereocenters. The third kappa shape index (κ3) is 2.52. The van der Waals surface area contributed by atoms with Gasteiger partial charge in [-0.15, -0.1) is 0 Å². The average molecular weight is 268 g/mol. The number of hydrogen-bond acceptors (Lipinski definition) is 4. The van der Waals surface area contributed by atoms with Crippen molar-refractivity contribution in [3.63, 3.8) is 0 Å². The zero-order valence-corrected chi connectivity index (χ0v) is 11.6. The predicted molar refractivity (Wildman–Crippen MR) is 73.7 cm³/mol. The normalized spacial score (nSPS) is 21.4. The number of nitrogens with two attached hydrogens (primary N) is 1. The van der Waals surface area contributed by atoms with Crippen LogP contribution in [0.5, 0.6) is 0 Å². The highest BCUT2D eigenvalue weighted by atomic mass is 32.2. The molecule has 0 saturated heterocycles. The van der Waals surface area contributed by atoms with Gasteiger partial charge in [0.15, 0.2) is 9.84 Å². The largest absolute Gasteiger partial charge is 0.380 e. The van der Waals surface area contributed by atoms with Gasteiger partial charge in [-0.3, -0.25) is 0 Å². The van der Waals surface area contributed by atoms with E-state index in [1.165, 1.54) is 0 Å². The van der Waals surface area contributed by atoms with Crippen molar-refractivity contribution in [2.45, 2.75) is 37.1 Å². The Balaban J connectivity index is 2.43. The van der Waals surface area contributed by atoms with Crippen LogP contribution in [0.25, 0.3) is 0 Å². The fourth-order valence-electron chi connectivity index (χ4n) is 2.25. The minimum atomic E-state index is -3.19. The molecule has 1 atom stereocenters. The minimum absolute atomic E-state index is 0.0719. The second-order valence-corrected chi connectivity index (χ2v) is 7.11. The van der Waals surface area contributed by atoms with E-state index in [1.807, 2.05) is 12.1 Å². The SMILES string of the molecule is CC(C)c1ccc2c(c1)S(=O)(=O)CC(CCN)N2. The first kappa shape index (κ1) is 13.4. The summed E-state index contributed by atoms with van der Waals surface area (Å²) in [6.45, 7) is 4.61. The van der Waals surface area contributed by atoms with E-state index in [4.69, 9.17) is 5.73 Å². The maximum atomic E-state index is 12.3. The van der Waals surface area contributed by atoms with Crippen LogP contribution in [0.3, 0.4) is 0 Å². The molecule has 0 fully saturated rings. The van der Waals surface area contributed by atoms with Crippen molar-refractivity contribution >= 4 is 15.5 Å². The van der Waals surface area contributed by atoms with Crippen molar-refractivity contribution in [2.24, 2.45) is 5.73 Å². The van der Waals surface area contributed by atoms with E-state index in [0.29, 0.717) is 29.5 Å². The zero-order valence-electron chi connectivity index (χ0n) is 10.8. The first-order valence-electron chi connectivity index (χ1n) is 6.27. The van der Waals surface area contributed by atoms with E-state index < -0.39 is 9.84 Å². The van der Waals surface area contributed by atoms with Crippen molar-refractivity contribution in [3.05, 3.63) is 23.8 Å². The van der Waals surface area contributed by atoms with Crippen LogP contribution in [0.1, 0.15) is 31.7 Å². The van der Waals surface area contributed by atoms with E-state index in [0.717, 1.165) is 5.56 Å². The smallest absolute Gasteiger partial charge is 0.182 e. The van der Waals surface area contributed by atoms with E-state index >= 15 is 0 Å². The molecule has 1 aromatic carbocycles. The van der Waals surface area contributed by atoms with Crippen LogP contribution in [-0.2, 0) is 9.84 Å². The van der Waals surface area contributed by atoms with Gasteiger partial charge in [0.05, 0.1) is 16.3 Å². The number of benzene rings is 1. The van der Waals surface area contributed by atoms with Crippen molar-refractivity contribution in [1.29, 1.82) is 0 Å². The van der Waals surface area contributed by atoms with Gasteiger partial charge in [0.25, 0.3) is 0 Å². The summed E-state index contributed by atoms with van der Waals surface area (Å²) in [6, 6.07) is 5.57. The van der Waals surface area contributed by atoms with Crippen molar-refractivity contribution in [2.75, 3.05) is 17.6 Å². The summed E-state index contributed by atoms with van der Waals surface area (Å²) in [7, 11) is -3.19. The molecular weight excluding hydrogens is 248 g/mol. The van der Waals surface area contributed by atoms with Crippen LogP contribution in [0.15, 0.2) is 23.1 Å². The van der Waals surface area contributed by atoms with Crippen molar-refractivity contribution in [3.8, 4) is 0 Å². The summed E-state index contributed by atoms with van der Waals surface area (Å²) in [5.41, 5.74) is 7.26. The summed E-state index contributed by atoms with van der Waals surface area (Å²) < 4.78 is 24.5. The fourth-order valence-corrected chi connectivity index (χ4v) is 3.98. The van der Waals surface area contributed by atoms with Crippen LogP contribution < -0.4 is 11.1 Å². The van der Waals surface area contributed by atoms with Gasteiger partial charge in [-0.1, -0.05) is 19.9 Å². The number of rotatable bonds is 3. The molecule has 2 rings (SSSR count). The lowest BCUT2D eigenvalue weighted by Gasteiger charge is -2.27. The molecule has 3 N–H and O–H groups in total. The van der Waals surface area contributed by atoms with Crippen LogP contribution >= 0.6 is 0 Å². The highest BCUT2D eigenvalue weighted by Crippen LogP contribution is 2.31. The average Bonchev–Trinajstić information content (AvgIpc) is 2.28. The van der Waals surface area contributed by atoms with Gasteiger partial charge in [0.2, 0.25) is 0 Å². The maximum Gasteiger partial charge on any atom is 0.182 e. The van der Waals surface area contributed by atoms with Gasteiger partial charge in [0, 0.05) is 6.04 Å². The Morgan fingerprint density at radius 3 is 2.78 bits per heavy atom. The molecule has 100 valence electrons. The molecule has 0 bridgehead atoms. The third-order valence-corrected chi connectivity index (χ3v) is 5.15. The molecule has 5 heteroatoms. The molecule has 1 aliphatic heterocycles. The minimum Gasteiger partial charge on any atom is -0.380 e. The number of nitrogens with one attached hydrogen (secondary N) is 1. The summed E-state index contributed by atoms with van der Waals surface area (Å²) >= 11 is 0. The molecule has 1 aromatic rings. The second kappa shape index (κ2) is 4.90. The monoisotopic (exact) mass is 268 g/mol. The lowest BCUT2D eigenvalue weighted by Crippen LogP contribution is -2.35. The first-order chi connectivity index (χ1) is 8.44. The van der Waals surface area contributed by atoms with Crippen molar-refractivity contribution in [1.82, 2.24) is 0 Å². The standard InChI is InChI=1S/C13H20N2O2S/c1-9(2)10-3-4-12-13(7-10)18(16,17)8-11(15-12)5-6-14/h3-4,7,9,11,15H,5-6,8,14H2,1-2H3. The molecule has 0 radical (unpaired) electrons. The molecule has 0 aliphatic carbocycles. The molecule has 0 spiro atoms. The lowest BCUT2D eigenvalue weighted by atomic mass is 10.0. The topological polar surface area (TPSA) is 72.2 Å². The number of sulfone groups is 1. The lowest BCUT2D eigenvalue weighted by molar-refractivity contribution is 0.580. The molecular formula is C13H20N2O2S. The van der Waals surface area contributed by atoms with Crippen LogP contribution in [0.2, 0.25) is 0 Å². The highest BCUT2D eigenvalue weighted by Gasteiger charge is 2.29. The van der Waals surface area contributed by atoms with Crippen LogP contribution in [-0.4, -0.2) is 26.8 Å². The van der Waals surface area contributed by atoms with Gasteiger partial charge in [0.1, 0.15) is 0 Å². The molecule has 0 aromatic heterocycles. The Hall–Kier alpha value is -1.07. The molecule has 1 aliphatic rings. The molecule has 0 saturated carbocycles. The first-order valence-corrected chi connectivity index (χ1v) is 7.92. The van der Waals surface area contributed by atoms with Gasteiger partial charge >= 0.3 is 0 Å².